The van der Waals surface area contributed by atoms with E-state index in [4.69, 9.17) is 14.2 Å². The van der Waals surface area contributed by atoms with Gasteiger partial charge in [-0.3, -0.25) is 9.59 Å². The predicted octanol–water partition coefficient (Wildman–Crippen LogP) is 19.9. The molecule has 0 saturated carbocycles. The van der Waals surface area contributed by atoms with Crippen LogP contribution in [0.5, 0.6) is 0 Å². The number of esters is 2. The Bertz CT molecular complexity index is 1090. The van der Waals surface area contributed by atoms with Crippen LogP contribution < -0.4 is 0 Å². The number of rotatable bonds is 54. The Morgan fingerprint density at radius 3 is 1.09 bits per heavy atom. The monoisotopic (exact) mass is 925 g/mol. The first-order valence-corrected chi connectivity index (χ1v) is 29.2. The van der Waals surface area contributed by atoms with E-state index in [0.717, 1.165) is 64.2 Å². The van der Waals surface area contributed by atoms with Gasteiger partial charge in [0, 0.05) is 19.4 Å². The fourth-order valence-electron chi connectivity index (χ4n) is 8.46. The summed E-state index contributed by atoms with van der Waals surface area (Å²) in [4.78, 5) is 25.5. The second-order valence-corrected chi connectivity index (χ2v) is 19.5. The molecule has 0 heterocycles. The van der Waals surface area contributed by atoms with Gasteiger partial charge >= 0.3 is 11.9 Å². The third kappa shape index (κ3) is 54.5. The Kier molecular flexibility index (Phi) is 55.3. The van der Waals surface area contributed by atoms with E-state index >= 15 is 0 Å². The van der Waals surface area contributed by atoms with Crippen molar-refractivity contribution in [1.82, 2.24) is 0 Å². The lowest BCUT2D eigenvalue weighted by Gasteiger charge is -2.18. The molecule has 66 heavy (non-hydrogen) atoms. The smallest absolute Gasteiger partial charge is 0.306 e. The van der Waals surface area contributed by atoms with Crippen LogP contribution in [0.3, 0.4) is 0 Å². The van der Waals surface area contributed by atoms with Crippen LogP contribution in [0, 0.1) is 0 Å². The Morgan fingerprint density at radius 1 is 0.333 bits per heavy atom. The van der Waals surface area contributed by atoms with Crippen molar-refractivity contribution in [3.63, 3.8) is 0 Å². The van der Waals surface area contributed by atoms with Crippen LogP contribution in [-0.2, 0) is 23.8 Å². The molecule has 0 rings (SSSR count). The highest BCUT2D eigenvalue weighted by molar-refractivity contribution is 5.70. The van der Waals surface area contributed by atoms with Gasteiger partial charge in [-0.25, -0.2) is 0 Å². The van der Waals surface area contributed by atoms with Crippen molar-refractivity contribution in [3.05, 3.63) is 48.6 Å². The molecule has 0 N–H and O–H groups in total. The molecule has 5 nitrogen and oxygen atoms in total. The average Bonchev–Trinajstić information content (AvgIpc) is 3.32. The normalized spacial score (nSPS) is 12.5. The van der Waals surface area contributed by atoms with Gasteiger partial charge in [-0.2, -0.15) is 0 Å². The van der Waals surface area contributed by atoms with E-state index in [2.05, 4.69) is 69.4 Å². The van der Waals surface area contributed by atoms with E-state index in [1.165, 1.54) is 205 Å². The van der Waals surface area contributed by atoms with E-state index in [-0.39, 0.29) is 25.2 Å². The molecule has 0 fully saturated rings. The second-order valence-electron chi connectivity index (χ2n) is 19.5. The first-order chi connectivity index (χ1) is 32.6. The molecule has 0 saturated heterocycles. The van der Waals surface area contributed by atoms with Crippen LogP contribution in [0.25, 0.3) is 0 Å². The summed E-state index contributed by atoms with van der Waals surface area (Å²) in [7, 11) is 0. The highest BCUT2D eigenvalue weighted by Crippen LogP contribution is 2.16. The molecule has 0 aromatic carbocycles. The van der Waals surface area contributed by atoms with Crippen molar-refractivity contribution in [2.45, 2.75) is 309 Å². The van der Waals surface area contributed by atoms with Gasteiger partial charge in [0.1, 0.15) is 6.61 Å². The summed E-state index contributed by atoms with van der Waals surface area (Å²) in [6.45, 7) is 7.77. The summed E-state index contributed by atoms with van der Waals surface area (Å²) < 4.78 is 17.5. The minimum absolute atomic E-state index is 0.0809. The lowest BCUT2D eigenvalue weighted by atomic mass is 10.0. The van der Waals surface area contributed by atoms with Gasteiger partial charge in [0.25, 0.3) is 0 Å². The Morgan fingerprint density at radius 2 is 0.667 bits per heavy atom. The van der Waals surface area contributed by atoms with E-state index in [9.17, 15) is 9.59 Å². The molecular weight excluding hydrogens is 813 g/mol. The maximum atomic E-state index is 12.8. The second kappa shape index (κ2) is 57.2. The van der Waals surface area contributed by atoms with E-state index < -0.39 is 6.10 Å². The average molecular weight is 926 g/mol. The molecule has 0 aliphatic carbocycles. The summed E-state index contributed by atoms with van der Waals surface area (Å²) in [6, 6.07) is 0. The van der Waals surface area contributed by atoms with Crippen LogP contribution in [0.1, 0.15) is 303 Å². The van der Waals surface area contributed by atoms with Gasteiger partial charge in [0.05, 0.1) is 6.61 Å². The zero-order valence-electron chi connectivity index (χ0n) is 44.5. The van der Waals surface area contributed by atoms with E-state index in [1.54, 1.807) is 0 Å². The van der Waals surface area contributed by atoms with Gasteiger partial charge in [-0.05, 0) is 77.0 Å². The molecule has 0 bridgehead atoms. The van der Waals surface area contributed by atoms with Crippen molar-refractivity contribution >= 4 is 11.9 Å². The van der Waals surface area contributed by atoms with E-state index in [1.807, 2.05) is 0 Å². The molecule has 0 aliphatic rings. The van der Waals surface area contributed by atoms with Crippen molar-refractivity contribution in [2.24, 2.45) is 0 Å². The molecule has 386 valence electrons. The summed E-state index contributed by atoms with van der Waals surface area (Å²) in [6.07, 6.45) is 71.3. The van der Waals surface area contributed by atoms with Gasteiger partial charge in [-0.15, -0.1) is 0 Å². The third-order valence-electron chi connectivity index (χ3n) is 12.8. The molecule has 1 unspecified atom stereocenters. The number of hydrogen-bond donors (Lipinski definition) is 0. The number of carbonyl (C=O) groups is 2. The molecule has 0 amide bonds. The molecule has 0 spiro atoms. The van der Waals surface area contributed by atoms with Crippen LogP contribution in [0.2, 0.25) is 0 Å². The number of carbonyl (C=O) groups excluding carboxylic acids is 2. The molecule has 0 aromatic heterocycles. The number of ether oxygens (including phenoxy) is 3. The highest BCUT2D eigenvalue weighted by Gasteiger charge is 2.17. The molecule has 0 radical (unpaired) electrons. The highest BCUT2D eigenvalue weighted by atomic mass is 16.6. The van der Waals surface area contributed by atoms with Crippen LogP contribution in [-0.4, -0.2) is 37.9 Å². The minimum Gasteiger partial charge on any atom is -0.462 e. The minimum atomic E-state index is -0.544. The quantitative estimate of drug-likeness (QED) is 0.0345. The Balaban J connectivity index is 4.22. The summed E-state index contributed by atoms with van der Waals surface area (Å²) in [5, 5.41) is 0. The maximum Gasteiger partial charge on any atom is 0.306 e. The van der Waals surface area contributed by atoms with Gasteiger partial charge in [-0.1, -0.05) is 262 Å². The van der Waals surface area contributed by atoms with Gasteiger partial charge in [0.15, 0.2) is 6.10 Å². The SMILES string of the molecule is CCC/C=C\C/C=C\CCCCCCCC(=O)OC(COCCCCCCCCCC/C=C\C/C=C\CCCCC)COC(=O)CCCCCCCCCCCCCCCCCCCCC. The molecule has 0 aliphatic heterocycles. The Hall–Kier alpha value is -2.14. The molecule has 0 aromatic rings. The molecular formula is C61H112O5. The maximum absolute atomic E-state index is 12.8. The van der Waals surface area contributed by atoms with Crippen molar-refractivity contribution < 1.29 is 23.8 Å². The van der Waals surface area contributed by atoms with Crippen molar-refractivity contribution in [1.29, 1.82) is 0 Å². The lowest BCUT2D eigenvalue weighted by molar-refractivity contribution is -0.163. The largest absolute Gasteiger partial charge is 0.462 e. The summed E-state index contributed by atoms with van der Waals surface area (Å²) in [5.41, 5.74) is 0. The summed E-state index contributed by atoms with van der Waals surface area (Å²) in [5.74, 6) is -0.401. The first-order valence-electron chi connectivity index (χ1n) is 29.2. The predicted molar refractivity (Wildman–Crippen MR) is 288 cm³/mol. The van der Waals surface area contributed by atoms with Crippen molar-refractivity contribution in [3.8, 4) is 0 Å². The molecule has 5 heteroatoms. The first kappa shape index (κ1) is 63.9. The number of hydrogen-bond acceptors (Lipinski definition) is 5. The van der Waals surface area contributed by atoms with Gasteiger partial charge in [0.2, 0.25) is 0 Å². The summed E-state index contributed by atoms with van der Waals surface area (Å²) >= 11 is 0. The lowest BCUT2D eigenvalue weighted by Crippen LogP contribution is -2.30. The zero-order valence-corrected chi connectivity index (χ0v) is 44.5. The van der Waals surface area contributed by atoms with E-state index in [0.29, 0.717) is 19.4 Å². The molecule has 1 atom stereocenters. The fraction of sp³-hybridized carbons (Fsp3) is 0.836. The topological polar surface area (TPSA) is 61.8 Å². The zero-order chi connectivity index (χ0) is 47.7. The number of unbranched alkanes of at least 4 members (excludes halogenated alkanes) is 35. The van der Waals surface area contributed by atoms with Crippen LogP contribution in [0.15, 0.2) is 48.6 Å². The van der Waals surface area contributed by atoms with Crippen LogP contribution in [0.4, 0.5) is 0 Å². The standard InChI is InChI=1S/C61H112O5/c1-4-7-10-13-16-19-22-25-27-29-31-32-34-37-39-42-45-48-51-54-60(62)65-58-59(66-61(63)55-52-49-46-43-40-36-24-21-18-15-12-9-6-3)57-64-56-53-50-47-44-41-38-35-33-30-28-26-23-20-17-14-11-8-5-2/h12,15,17,20-21,24,26,28,59H,4-11,13-14,16,18-19,22-23,25,27,29-58H2,1-3H3/b15-12-,20-17-,24-21-,28-26-. The van der Waals surface area contributed by atoms with Crippen molar-refractivity contribution in [2.75, 3.05) is 19.8 Å². The third-order valence-corrected chi connectivity index (χ3v) is 12.8. The van der Waals surface area contributed by atoms with Crippen LogP contribution >= 0.6 is 0 Å². The Labute approximate surface area is 412 Å². The number of allylic oxidation sites excluding steroid dienone is 8. The van der Waals surface area contributed by atoms with Gasteiger partial charge < -0.3 is 14.2 Å². The fourth-order valence-corrected chi connectivity index (χ4v) is 8.46.